The first kappa shape index (κ1) is 16.2. The highest BCUT2D eigenvalue weighted by molar-refractivity contribution is 5.84. The Kier molecular flexibility index (Phi) is 6.23. The van der Waals surface area contributed by atoms with E-state index in [9.17, 15) is 14.4 Å². The lowest BCUT2D eigenvalue weighted by molar-refractivity contribution is -0.154. The minimum Gasteiger partial charge on any atom is -0.479 e. The maximum atomic E-state index is 12.3. The third-order valence-corrected chi connectivity index (χ3v) is 2.97. The topological polar surface area (TPSA) is 99.2 Å². The molecule has 8 nitrogen and oxygen atoms in total. The second-order valence-corrected chi connectivity index (χ2v) is 4.39. The number of carbonyl (C=O) groups is 3. The highest BCUT2D eigenvalue weighted by Crippen LogP contribution is 2.08. The van der Waals surface area contributed by atoms with Crippen LogP contribution in [0.25, 0.3) is 0 Å². The van der Waals surface area contributed by atoms with Gasteiger partial charge in [-0.1, -0.05) is 0 Å². The molecule has 114 valence electrons. The maximum Gasteiger partial charge on any atom is 0.334 e. The van der Waals surface area contributed by atoms with Crippen LogP contribution in [0.3, 0.4) is 0 Å². The Labute approximate surface area is 117 Å². The molecule has 3 amide bonds. The number of carboxylic acids is 1. The molecule has 0 saturated carbocycles. The molecule has 1 aliphatic heterocycles. The monoisotopic (exact) mass is 287 g/mol. The first-order valence-corrected chi connectivity index (χ1v) is 6.64. The van der Waals surface area contributed by atoms with Crippen molar-refractivity contribution in [3.8, 4) is 0 Å². The smallest absolute Gasteiger partial charge is 0.334 e. The highest BCUT2D eigenvalue weighted by atomic mass is 16.5. The standard InChI is InChI=1S/C12H21N3O5/c1-3-13-10(16)8-14(4-2)12(19)15-5-6-20-9(7-15)11(17)18/h9H,3-8H2,1-2H3,(H,13,16)(H,17,18). The van der Waals surface area contributed by atoms with Gasteiger partial charge in [0.05, 0.1) is 13.2 Å². The second-order valence-electron chi connectivity index (χ2n) is 4.39. The molecule has 0 radical (unpaired) electrons. The quantitative estimate of drug-likeness (QED) is 0.700. The van der Waals surface area contributed by atoms with Crippen molar-refractivity contribution in [3.05, 3.63) is 0 Å². The van der Waals surface area contributed by atoms with Gasteiger partial charge in [0.2, 0.25) is 5.91 Å². The van der Waals surface area contributed by atoms with Crippen LogP contribution in [0, 0.1) is 0 Å². The molecule has 8 heteroatoms. The summed E-state index contributed by atoms with van der Waals surface area (Å²) in [5.41, 5.74) is 0. The van der Waals surface area contributed by atoms with Crippen LogP contribution >= 0.6 is 0 Å². The van der Waals surface area contributed by atoms with Crippen LogP contribution in [-0.4, -0.2) is 78.2 Å². The van der Waals surface area contributed by atoms with Gasteiger partial charge in [0, 0.05) is 19.6 Å². The van der Waals surface area contributed by atoms with Gasteiger partial charge in [-0.25, -0.2) is 9.59 Å². The number of urea groups is 1. The van der Waals surface area contributed by atoms with Gasteiger partial charge in [-0.3, -0.25) is 4.79 Å². The van der Waals surface area contributed by atoms with Gasteiger partial charge in [0.1, 0.15) is 6.54 Å². The van der Waals surface area contributed by atoms with Crippen molar-refractivity contribution in [2.24, 2.45) is 0 Å². The molecule has 0 aliphatic carbocycles. The Morgan fingerprint density at radius 1 is 1.40 bits per heavy atom. The van der Waals surface area contributed by atoms with Crippen LogP contribution < -0.4 is 5.32 Å². The minimum absolute atomic E-state index is 0.0000630. The van der Waals surface area contributed by atoms with E-state index in [2.05, 4.69) is 5.32 Å². The van der Waals surface area contributed by atoms with E-state index in [0.29, 0.717) is 19.6 Å². The minimum atomic E-state index is -1.09. The number of rotatable bonds is 5. The van der Waals surface area contributed by atoms with E-state index in [1.807, 2.05) is 0 Å². The van der Waals surface area contributed by atoms with Crippen LogP contribution in [-0.2, 0) is 14.3 Å². The molecule has 0 aromatic heterocycles. The maximum absolute atomic E-state index is 12.3. The second kappa shape index (κ2) is 7.68. The number of hydrogen-bond acceptors (Lipinski definition) is 4. The summed E-state index contributed by atoms with van der Waals surface area (Å²) in [4.78, 5) is 37.5. The van der Waals surface area contributed by atoms with E-state index in [-0.39, 0.29) is 31.6 Å². The van der Waals surface area contributed by atoms with Crippen molar-refractivity contribution in [1.29, 1.82) is 0 Å². The van der Waals surface area contributed by atoms with Crippen LogP contribution in [0.15, 0.2) is 0 Å². The van der Waals surface area contributed by atoms with Gasteiger partial charge in [-0.05, 0) is 13.8 Å². The van der Waals surface area contributed by atoms with Crippen molar-refractivity contribution in [2.45, 2.75) is 20.0 Å². The van der Waals surface area contributed by atoms with Crippen LogP contribution in [0.1, 0.15) is 13.8 Å². The molecule has 1 heterocycles. The lowest BCUT2D eigenvalue weighted by Gasteiger charge is -2.34. The normalized spacial score (nSPS) is 18.5. The zero-order chi connectivity index (χ0) is 15.1. The molecule has 0 aromatic carbocycles. The number of likely N-dealkylation sites (N-methyl/N-ethyl adjacent to an activating group) is 2. The number of hydrogen-bond donors (Lipinski definition) is 2. The van der Waals surface area contributed by atoms with Gasteiger partial charge < -0.3 is 25.0 Å². The Hall–Kier alpha value is -1.83. The summed E-state index contributed by atoms with van der Waals surface area (Å²) in [5.74, 6) is -1.32. The summed E-state index contributed by atoms with van der Waals surface area (Å²) in [6.45, 7) is 4.93. The lowest BCUT2D eigenvalue weighted by atomic mass is 10.3. The number of nitrogens with one attached hydrogen (secondary N) is 1. The predicted octanol–water partition coefficient (Wildman–Crippen LogP) is -0.650. The molecule has 1 saturated heterocycles. The van der Waals surface area contributed by atoms with E-state index in [1.165, 1.54) is 9.80 Å². The van der Waals surface area contributed by atoms with E-state index in [4.69, 9.17) is 9.84 Å². The summed E-state index contributed by atoms with van der Waals surface area (Å²) >= 11 is 0. The third-order valence-electron chi connectivity index (χ3n) is 2.97. The fraction of sp³-hybridized carbons (Fsp3) is 0.750. The van der Waals surface area contributed by atoms with E-state index >= 15 is 0 Å². The van der Waals surface area contributed by atoms with Crippen molar-refractivity contribution >= 4 is 17.9 Å². The molecule has 0 aromatic rings. The average Bonchev–Trinajstić information content (AvgIpc) is 2.44. The molecule has 1 unspecified atom stereocenters. The number of morpholine rings is 1. The van der Waals surface area contributed by atoms with Crippen LogP contribution in [0.4, 0.5) is 4.79 Å². The van der Waals surface area contributed by atoms with Crippen molar-refractivity contribution in [2.75, 3.05) is 39.3 Å². The van der Waals surface area contributed by atoms with Crippen LogP contribution in [0.5, 0.6) is 0 Å². The Morgan fingerprint density at radius 3 is 2.65 bits per heavy atom. The van der Waals surface area contributed by atoms with Crippen molar-refractivity contribution in [3.63, 3.8) is 0 Å². The van der Waals surface area contributed by atoms with Crippen molar-refractivity contribution in [1.82, 2.24) is 15.1 Å². The fourth-order valence-corrected chi connectivity index (χ4v) is 1.91. The zero-order valence-corrected chi connectivity index (χ0v) is 11.8. The SMILES string of the molecule is CCNC(=O)CN(CC)C(=O)N1CCOC(C(=O)O)C1. The Morgan fingerprint density at radius 2 is 2.10 bits per heavy atom. The largest absolute Gasteiger partial charge is 0.479 e. The van der Waals surface area contributed by atoms with Crippen molar-refractivity contribution < 1.29 is 24.2 Å². The number of carboxylic acid groups (broad SMARTS) is 1. The Balaban J connectivity index is 2.61. The number of ether oxygens (including phenoxy) is 1. The lowest BCUT2D eigenvalue weighted by Crippen LogP contribution is -2.54. The molecule has 1 fully saturated rings. The first-order valence-electron chi connectivity index (χ1n) is 6.64. The Bertz CT molecular complexity index is 374. The number of aliphatic carboxylic acids is 1. The number of amides is 3. The number of nitrogens with zero attached hydrogens (tertiary/aromatic N) is 2. The average molecular weight is 287 g/mol. The molecule has 1 rings (SSSR count). The zero-order valence-electron chi connectivity index (χ0n) is 11.8. The molecular formula is C12H21N3O5. The van der Waals surface area contributed by atoms with Gasteiger partial charge in [0.25, 0.3) is 0 Å². The first-order chi connectivity index (χ1) is 9.49. The molecule has 2 N–H and O–H groups in total. The molecule has 20 heavy (non-hydrogen) atoms. The fourth-order valence-electron chi connectivity index (χ4n) is 1.91. The van der Waals surface area contributed by atoms with E-state index in [0.717, 1.165) is 0 Å². The van der Waals surface area contributed by atoms with Gasteiger partial charge in [-0.2, -0.15) is 0 Å². The van der Waals surface area contributed by atoms with E-state index in [1.54, 1.807) is 13.8 Å². The molecule has 0 spiro atoms. The molecule has 1 atom stereocenters. The van der Waals surface area contributed by atoms with E-state index < -0.39 is 12.1 Å². The summed E-state index contributed by atoms with van der Waals surface area (Å²) in [5, 5.41) is 11.5. The summed E-state index contributed by atoms with van der Waals surface area (Å²) in [6.07, 6.45) is -1.00. The number of carbonyl (C=O) groups excluding carboxylic acids is 2. The summed E-state index contributed by atoms with van der Waals surface area (Å²) in [7, 11) is 0. The van der Waals surface area contributed by atoms with Gasteiger partial charge in [-0.15, -0.1) is 0 Å². The molecule has 1 aliphatic rings. The third kappa shape index (κ3) is 4.37. The summed E-state index contributed by atoms with van der Waals surface area (Å²) < 4.78 is 5.06. The highest BCUT2D eigenvalue weighted by Gasteiger charge is 2.31. The predicted molar refractivity (Wildman–Crippen MR) is 70.3 cm³/mol. The van der Waals surface area contributed by atoms with Gasteiger partial charge >= 0.3 is 12.0 Å². The van der Waals surface area contributed by atoms with Crippen LogP contribution in [0.2, 0.25) is 0 Å². The molecule has 0 bridgehead atoms. The molecular weight excluding hydrogens is 266 g/mol. The summed E-state index contributed by atoms with van der Waals surface area (Å²) in [6, 6.07) is -0.340. The van der Waals surface area contributed by atoms with Gasteiger partial charge in [0.15, 0.2) is 6.10 Å².